The van der Waals surface area contributed by atoms with Gasteiger partial charge in [0.05, 0.1) is 0 Å². The summed E-state index contributed by atoms with van der Waals surface area (Å²) in [6.45, 7) is 8.99. The zero-order valence-electron chi connectivity index (χ0n) is 39.5. The Morgan fingerprint density at radius 3 is 0.897 bits per heavy atom. The Balaban J connectivity index is 4.24. The summed E-state index contributed by atoms with van der Waals surface area (Å²) >= 11 is 0. The van der Waals surface area contributed by atoms with E-state index in [4.69, 9.17) is 14.2 Å². The minimum absolute atomic E-state index is 0.0638. The zero-order valence-corrected chi connectivity index (χ0v) is 39.5. The van der Waals surface area contributed by atoms with Crippen molar-refractivity contribution in [2.75, 3.05) is 13.2 Å². The van der Waals surface area contributed by atoms with E-state index in [1.54, 1.807) is 0 Å². The summed E-state index contributed by atoms with van der Waals surface area (Å²) in [5.41, 5.74) is 0. The molecule has 58 heavy (non-hydrogen) atoms. The molecule has 0 saturated heterocycles. The Labute approximate surface area is 361 Å². The lowest BCUT2D eigenvalue weighted by Gasteiger charge is -2.18. The zero-order chi connectivity index (χ0) is 42.4. The molecule has 2 atom stereocenters. The number of esters is 3. The van der Waals surface area contributed by atoms with Crippen molar-refractivity contribution in [1.29, 1.82) is 0 Å². The van der Waals surface area contributed by atoms with Crippen molar-refractivity contribution < 1.29 is 28.6 Å². The van der Waals surface area contributed by atoms with Gasteiger partial charge in [-0.05, 0) is 25.2 Å². The highest BCUT2D eigenvalue weighted by molar-refractivity contribution is 5.71. The van der Waals surface area contributed by atoms with Crippen molar-refractivity contribution in [2.24, 2.45) is 5.92 Å². The van der Waals surface area contributed by atoms with Gasteiger partial charge in [-0.1, -0.05) is 252 Å². The topological polar surface area (TPSA) is 78.9 Å². The molecule has 0 amide bonds. The number of hydrogen-bond acceptors (Lipinski definition) is 6. The van der Waals surface area contributed by atoms with E-state index in [9.17, 15) is 14.4 Å². The number of carbonyl (C=O) groups excluding carboxylic acids is 3. The fourth-order valence-corrected chi connectivity index (χ4v) is 7.83. The Morgan fingerprint density at radius 2 is 0.603 bits per heavy atom. The molecular weight excluding hydrogens is 721 g/mol. The van der Waals surface area contributed by atoms with Gasteiger partial charge >= 0.3 is 17.9 Å². The van der Waals surface area contributed by atoms with E-state index >= 15 is 0 Å². The van der Waals surface area contributed by atoms with Gasteiger partial charge in [0.2, 0.25) is 0 Å². The second-order valence-electron chi connectivity index (χ2n) is 18.1. The van der Waals surface area contributed by atoms with E-state index in [-0.39, 0.29) is 31.1 Å². The van der Waals surface area contributed by atoms with Gasteiger partial charge < -0.3 is 14.2 Å². The average Bonchev–Trinajstić information content (AvgIpc) is 3.22. The molecule has 0 spiro atoms. The first kappa shape index (κ1) is 56.4. The van der Waals surface area contributed by atoms with Crippen molar-refractivity contribution in [3.8, 4) is 0 Å². The van der Waals surface area contributed by atoms with Crippen LogP contribution in [0.5, 0.6) is 0 Å². The van der Waals surface area contributed by atoms with Crippen molar-refractivity contribution in [3.63, 3.8) is 0 Å². The van der Waals surface area contributed by atoms with Crippen LogP contribution in [0.2, 0.25) is 0 Å². The van der Waals surface area contributed by atoms with Crippen LogP contribution in [0.4, 0.5) is 0 Å². The molecule has 0 N–H and O–H groups in total. The first-order valence-corrected chi connectivity index (χ1v) is 25.9. The molecule has 0 rings (SSSR count). The summed E-state index contributed by atoms with van der Waals surface area (Å²) in [5, 5.41) is 0. The predicted octanol–water partition coefficient (Wildman–Crippen LogP) is 16.7. The SMILES string of the molecule is CCCCCCCCCCCCCCCCCCCCC(=O)OC[C@H](COC(=O)CCCCCCCCCCCCCC)OC(=O)CCCCCCCCC(C)CC. The maximum Gasteiger partial charge on any atom is 0.306 e. The Hall–Kier alpha value is -1.59. The van der Waals surface area contributed by atoms with Gasteiger partial charge in [-0.2, -0.15) is 0 Å². The first-order valence-electron chi connectivity index (χ1n) is 25.9. The van der Waals surface area contributed by atoms with Gasteiger partial charge in [0.1, 0.15) is 13.2 Å². The van der Waals surface area contributed by atoms with Crippen LogP contribution in [0.1, 0.15) is 291 Å². The summed E-state index contributed by atoms with van der Waals surface area (Å²) in [4.78, 5) is 37.9. The summed E-state index contributed by atoms with van der Waals surface area (Å²) in [6.07, 6.45) is 48.1. The van der Waals surface area contributed by atoms with Crippen LogP contribution >= 0.6 is 0 Å². The van der Waals surface area contributed by atoms with Gasteiger partial charge in [0.15, 0.2) is 6.10 Å². The van der Waals surface area contributed by atoms with Crippen LogP contribution in [0.15, 0.2) is 0 Å². The smallest absolute Gasteiger partial charge is 0.306 e. The second kappa shape index (κ2) is 46.5. The van der Waals surface area contributed by atoms with E-state index in [2.05, 4.69) is 27.7 Å². The number of hydrogen-bond donors (Lipinski definition) is 0. The molecule has 6 nitrogen and oxygen atoms in total. The monoisotopic (exact) mass is 821 g/mol. The molecule has 344 valence electrons. The number of carbonyl (C=O) groups is 3. The van der Waals surface area contributed by atoms with E-state index in [0.29, 0.717) is 19.3 Å². The maximum absolute atomic E-state index is 12.7. The average molecular weight is 821 g/mol. The van der Waals surface area contributed by atoms with Gasteiger partial charge in [-0.3, -0.25) is 14.4 Å². The normalized spacial score (nSPS) is 12.4. The van der Waals surface area contributed by atoms with E-state index in [1.165, 1.54) is 186 Å². The third-order valence-electron chi connectivity index (χ3n) is 12.2. The standard InChI is InChI=1S/C52H100O6/c1-5-8-10-12-14-16-18-20-21-22-23-24-25-27-29-31-36-40-44-51(54)57-47-49(58-52(55)45-41-37-33-32-34-38-42-48(4)7-3)46-56-50(53)43-39-35-30-28-26-19-17-15-13-11-9-6-2/h48-49H,5-47H2,1-4H3/t48?,49-/m0/s1. The highest BCUT2D eigenvalue weighted by Gasteiger charge is 2.19. The second-order valence-corrected chi connectivity index (χ2v) is 18.1. The van der Waals surface area contributed by atoms with Crippen LogP contribution in [0, 0.1) is 5.92 Å². The molecule has 0 aromatic heterocycles. The molecular formula is C52H100O6. The van der Waals surface area contributed by atoms with E-state index in [1.807, 2.05) is 0 Å². The van der Waals surface area contributed by atoms with Gasteiger partial charge in [-0.15, -0.1) is 0 Å². The van der Waals surface area contributed by atoms with E-state index < -0.39 is 6.10 Å². The molecule has 0 fully saturated rings. The van der Waals surface area contributed by atoms with Gasteiger partial charge in [-0.25, -0.2) is 0 Å². The van der Waals surface area contributed by atoms with Gasteiger partial charge in [0.25, 0.3) is 0 Å². The molecule has 0 aliphatic heterocycles. The quantitative estimate of drug-likeness (QED) is 0.0346. The third kappa shape index (κ3) is 44.0. The molecule has 0 aliphatic carbocycles. The van der Waals surface area contributed by atoms with Crippen LogP contribution in [-0.2, 0) is 28.6 Å². The molecule has 0 aromatic rings. The maximum atomic E-state index is 12.7. The summed E-state index contributed by atoms with van der Waals surface area (Å²) in [6, 6.07) is 0. The van der Waals surface area contributed by atoms with Crippen LogP contribution < -0.4 is 0 Å². The largest absolute Gasteiger partial charge is 0.462 e. The fraction of sp³-hybridized carbons (Fsp3) is 0.942. The van der Waals surface area contributed by atoms with Gasteiger partial charge in [0, 0.05) is 19.3 Å². The van der Waals surface area contributed by atoms with Crippen molar-refractivity contribution >= 4 is 17.9 Å². The lowest BCUT2D eigenvalue weighted by atomic mass is 10.00. The lowest BCUT2D eigenvalue weighted by Crippen LogP contribution is -2.30. The highest BCUT2D eigenvalue weighted by atomic mass is 16.6. The number of rotatable bonds is 47. The Bertz CT molecular complexity index is 874. The van der Waals surface area contributed by atoms with Crippen LogP contribution in [0.3, 0.4) is 0 Å². The number of ether oxygens (including phenoxy) is 3. The lowest BCUT2D eigenvalue weighted by molar-refractivity contribution is -0.167. The van der Waals surface area contributed by atoms with Crippen LogP contribution in [0.25, 0.3) is 0 Å². The molecule has 1 unspecified atom stereocenters. The van der Waals surface area contributed by atoms with Crippen LogP contribution in [-0.4, -0.2) is 37.2 Å². The minimum Gasteiger partial charge on any atom is -0.462 e. The third-order valence-corrected chi connectivity index (χ3v) is 12.2. The molecule has 0 radical (unpaired) electrons. The Morgan fingerprint density at radius 1 is 0.345 bits per heavy atom. The fourth-order valence-electron chi connectivity index (χ4n) is 7.83. The summed E-state index contributed by atoms with van der Waals surface area (Å²) in [5.74, 6) is -0.0391. The summed E-state index contributed by atoms with van der Waals surface area (Å²) in [7, 11) is 0. The minimum atomic E-state index is -0.761. The number of unbranched alkanes of at least 4 members (excludes halogenated alkanes) is 33. The van der Waals surface area contributed by atoms with Crippen molar-refractivity contribution in [1.82, 2.24) is 0 Å². The van der Waals surface area contributed by atoms with E-state index in [0.717, 1.165) is 63.7 Å². The highest BCUT2D eigenvalue weighted by Crippen LogP contribution is 2.17. The predicted molar refractivity (Wildman–Crippen MR) is 247 cm³/mol. The van der Waals surface area contributed by atoms with Crippen molar-refractivity contribution in [2.45, 2.75) is 297 Å². The first-order chi connectivity index (χ1) is 28.4. The Kier molecular flexibility index (Phi) is 45.2. The molecule has 0 heterocycles. The molecule has 0 aromatic carbocycles. The van der Waals surface area contributed by atoms with Crippen molar-refractivity contribution in [3.05, 3.63) is 0 Å². The molecule has 0 bridgehead atoms. The molecule has 6 heteroatoms. The molecule has 0 saturated carbocycles. The molecule has 0 aliphatic rings. The summed E-state index contributed by atoms with van der Waals surface area (Å²) < 4.78 is 16.8.